The summed E-state index contributed by atoms with van der Waals surface area (Å²) in [4.78, 5) is 5.56. The second-order valence-electron chi connectivity index (χ2n) is 2.28. The first-order chi connectivity index (χ1) is 5.22. The lowest BCUT2D eigenvalue weighted by Gasteiger charge is -2.08. The van der Waals surface area contributed by atoms with E-state index in [1.54, 1.807) is 13.4 Å². The van der Waals surface area contributed by atoms with Gasteiger partial charge in [-0.3, -0.25) is 4.99 Å². The summed E-state index contributed by atoms with van der Waals surface area (Å²) in [5, 5.41) is 8.36. The van der Waals surface area contributed by atoms with Crippen molar-refractivity contribution in [3.63, 3.8) is 0 Å². The van der Waals surface area contributed by atoms with Crippen LogP contribution < -0.4 is 0 Å². The molecule has 3 heteroatoms. The second kappa shape index (κ2) is 12.1. The van der Waals surface area contributed by atoms with Gasteiger partial charge >= 0.3 is 0 Å². The Labute approximate surface area is 69.7 Å². The average Bonchev–Trinajstić information content (AvgIpc) is 1.90. The summed E-state index contributed by atoms with van der Waals surface area (Å²) in [6.45, 7) is 5.08. The quantitative estimate of drug-likeness (QED) is 0.493. The molecule has 0 aromatic heterocycles. The smallest absolute Gasteiger partial charge is 0.0844 e. The molecule has 0 saturated heterocycles. The molecule has 11 heavy (non-hydrogen) atoms. The fourth-order valence-electron chi connectivity index (χ4n) is 0.413. The van der Waals surface area contributed by atoms with E-state index < -0.39 is 0 Å². The van der Waals surface area contributed by atoms with Crippen LogP contribution in [0.4, 0.5) is 0 Å². The Morgan fingerprint density at radius 2 is 1.91 bits per heavy atom. The zero-order chi connectivity index (χ0) is 9.11. The number of hydrogen-bond acceptors (Lipinski definition) is 2. The van der Waals surface area contributed by atoms with Gasteiger partial charge in [0.15, 0.2) is 0 Å². The fraction of sp³-hybridized carbons (Fsp3) is 0.875. The number of nitrogens with zero attached hydrogens (tertiary/aromatic N) is 2. The normalized spacial score (nSPS) is 9.18. The van der Waals surface area contributed by atoms with Crippen molar-refractivity contribution in [1.29, 1.82) is 0 Å². The van der Waals surface area contributed by atoms with Crippen LogP contribution in [0.2, 0.25) is 0 Å². The van der Waals surface area contributed by atoms with Crippen molar-refractivity contribution in [2.45, 2.75) is 20.3 Å². The third kappa shape index (κ3) is 17.7. The molecule has 0 aliphatic heterocycles. The molecule has 0 aliphatic carbocycles. The molecule has 0 heterocycles. The van der Waals surface area contributed by atoms with Crippen LogP contribution in [0.1, 0.15) is 20.3 Å². The molecule has 0 fully saturated rings. The minimum atomic E-state index is 0.183. The minimum absolute atomic E-state index is 0.183. The maximum absolute atomic E-state index is 8.36. The fourth-order valence-corrected chi connectivity index (χ4v) is 0.413. The van der Waals surface area contributed by atoms with E-state index in [1.807, 2.05) is 11.9 Å². The van der Waals surface area contributed by atoms with E-state index in [9.17, 15) is 0 Å². The largest absolute Gasteiger partial charge is 0.395 e. The minimum Gasteiger partial charge on any atom is -0.395 e. The maximum atomic E-state index is 8.36. The van der Waals surface area contributed by atoms with E-state index >= 15 is 0 Å². The molecule has 0 rings (SSSR count). The van der Waals surface area contributed by atoms with Gasteiger partial charge in [-0.2, -0.15) is 0 Å². The monoisotopic (exact) mass is 160 g/mol. The van der Waals surface area contributed by atoms with Crippen molar-refractivity contribution in [3.05, 3.63) is 0 Å². The van der Waals surface area contributed by atoms with Crippen molar-refractivity contribution in [2.24, 2.45) is 4.99 Å². The average molecular weight is 160 g/mol. The molecule has 3 nitrogen and oxygen atoms in total. The molecule has 0 aromatic carbocycles. The Morgan fingerprint density at radius 1 is 1.45 bits per heavy atom. The van der Waals surface area contributed by atoms with Crippen LogP contribution in [-0.4, -0.2) is 43.6 Å². The van der Waals surface area contributed by atoms with Crippen LogP contribution in [0.5, 0.6) is 0 Å². The van der Waals surface area contributed by atoms with Crippen molar-refractivity contribution in [2.75, 3.05) is 27.2 Å². The number of likely N-dealkylation sites (N-methyl/N-ethyl adjacent to an activating group) is 1. The van der Waals surface area contributed by atoms with Gasteiger partial charge in [-0.1, -0.05) is 20.3 Å². The van der Waals surface area contributed by atoms with Crippen molar-refractivity contribution >= 4 is 6.34 Å². The molecule has 0 saturated carbocycles. The Hall–Kier alpha value is -0.570. The van der Waals surface area contributed by atoms with E-state index in [1.165, 1.54) is 6.42 Å². The van der Waals surface area contributed by atoms with Crippen LogP contribution >= 0.6 is 0 Å². The Balaban J connectivity index is 0. The molecule has 0 radical (unpaired) electrons. The van der Waals surface area contributed by atoms with E-state index in [2.05, 4.69) is 18.8 Å². The number of hydrogen-bond donors (Lipinski definition) is 1. The lowest BCUT2D eigenvalue weighted by Crippen LogP contribution is -2.19. The summed E-state index contributed by atoms with van der Waals surface area (Å²) < 4.78 is 0. The van der Waals surface area contributed by atoms with Gasteiger partial charge in [0.2, 0.25) is 0 Å². The van der Waals surface area contributed by atoms with E-state index in [4.69, 9.17) is 5.11 Å². The van der Waals surface area contributed by atoms with Crippen LogP contribution in [0.25, 0.3) is 0 Å². The first-order valence-corrected chi connectivity index (χ1v) is 3.96. The first-order valence-electron chi connectivity index (χ1n) is 3.96. The number of rotatable bonds is 3. The molecule has 68 valence electrons. The Morgan fingerprint density at radius 3 is 2.18 bits per heavy atom. The second-order valence-corrected chi connectivity index (χ2v) is 2.28. The van der Waals surface area contributed by atoms with Gasteiger partial charge in [-0.05, 0) is 0 Å². The van der Waals surface area contributed by atoms with E-state index in [0.29, 0.717) is 6.54 Å². The lowest BCUT2D eigenvalue weighted by molar-refractivity contribution is 0.266. The van der Waals surface area contributed by atoms with Crippen LogP contribution in [-0.2, 0) is 0 Å². The number of aliphatic imine (C=N–C) groups is 1. The summed E-state index contributed by atoms with van der Waals surface area (Å²) in [6, 6.07) is 0. The third-order valence-corrected chi connectivity index (χ3v) is 0.765. The summed E-state index contributed by atoms with van der Waals surface area (Å²) in [5.41, 5.74) is 0. The molecule has 1 N–H and O–H groups in total. The number of aliphatic hydroxyl groups excluding tert-OH is 1. The molecular weight excluding hydrogens is 140 g/mol. The first kappa shape index (κ1) is 13.1. The Kier molecular flexibility index (Phi) is 14.4. The maximum Gasteiger partial charge on any atom is 0.0844 e. The highest BCUT2D eigenvalue weighted by Crippen LogP contribution is 1.71. The van der Waals surface area contributed by atoms with Crippen LogP contribution in [0, 0.1) is 0 Å². The topological polar surface area (TPSA) is 35.8 Å². The Bertz CT molecular complexity index is 84.2. The van der Waals surface area contributed by atoms with Crippen molar-refractivity contribution in [3.8, 4) is 0 Å². The predicted molar refractivity (Wildman–Crippen MR) is 50.1 cm³/mol. The molecular formula is C8H20N2O. The third-order valence-electron chi connectivity index (χ3n) is 0.765. The molecule has 0 bridgehead atoms. The SMILES string of the molecule is CCC.CN=CN(C)CCO. The summed E-state index contributed by atoms with van der Waals surface area (Å²) in [7, 11) is 3.57. The zero-order valence-electron chi connectivity index (χ0n) is 8.04. The van der Waals surface area contributed by atoms with Crippen molar-refractivity contribution in [1.82, 2.24) is 4.90 Å². The highest BCUT2D eigenvalue weighted by Gasteiger charge is 1.84. The lowest BCUT2D eigenvalue weighted by atomic mass is 10.6. The molecule has 0 atom stereocenters. The summed E-state index contributed by atoms with van der Waals surface area (Å²) in [5.74, 6) is 0. The molecule has 0 aromatic rings. The summed E-state index contributed by atoms with van der Waals surface area (Å²) in [6.07, 6.45) is 2.93. The van der Waals surface area contributed by atoms with Gasteiger partial charge in [-0.25, -0.2) is 0 Å². The van der Waals surface area contributed by atoms with Gasteiger partial charge in [0.05, 0.1) is 12.9 Å². The number of aliphatic hydroxyl groups is 1. The molecule has 0 spiro atoms. The molecule has 0 aliphatic rings. The van der Waals surface area contributed by atoms with Gasteiger partial charge in [0, 0.05) is 20.6 Å². The van der Waals surface area contributed by atoms with Crippen LogP contribution in [0.15, 0.2) is 4.99 Å². The van der Waals surface area contributed by atoms with E-state index in [0.717, 1.165) is 0 Å². The van der Waals surface area contributed by atoms with Gasteiger partial charge < -0.3 is 10.0 Å². The van der Waals surface area contributed by atoms with Crippen molar-refractivity contribution < 1.29 is 5.11 Å². The molecule has 0 unspecified atom stereocenters. The van der Waals surface area contributed by atoms with E-state index in [-0.39, 0.29) is 6.61 Å². The van der Waals surface area contributed by atoms with Gasteiger partial charge in [-0.15, -0.1) is 0 Å². The summed E-state index contributed by atoms with van der Waals surface area (Å²) >= 11 is 0. The highest BCUT2D eigenvalue weighted by atomic mass is 16.3. The van der Waals surface area contributed by atoms with Gasteiger partial charge in [0.25, 0.3) is 0 Å². The predicted octanol–water partition coefficient (Wildman–Crippen LogP) is 0.985. The highest BCUT2D eigenvalue weighted by molar-refractivity contribution is 5.53. The molecule has 0 amide bonds. The van der Waals surface area contributed by atoms with Crippen LogP contribution in [0.3, 0.4) is 0 Å². The zero-order valence-corrected chi connectivity index (χ0v) is 8.04. The van der Waals surface area contributed by atoms with Gasteiger partial charge in [0.1, 0.15) is 0 Å². The standard InChI is InChI=1S/C5H12N2O.C3H8/c1-6-5-7(2)3-4-8;1-3-2/h5,8H,3-4H2,1-2H3;3H2,1-2H3.